The van der Waals surface area contributed by atoms with E-state index in [9.17, 15) is 4.79 Å². The molecule has 0 spiro atoms. The lowest BCUT2D eigenvalue weighted by molar-refractivity contribution is -0.132. The molecule has 106 valence electrons. The number of nitrogens with zero attached hydrogens (tertiary/aromatic N) is 3. The van der Waals surface area contributed by atoms with Crippen molar-refractivity contribution in [1.29, 1.82) is 0 Å². The topological polar surface area (TPSA) is 64.2 Å². The lowest BCUT2D eigenvalue weighted by atomic mass is 10.1. The van der Waals surface area contributed by atoms with E-state index in [1.807, 2.05) is 31.2 Å². The van der Waals surface area contributed by atoms with Gasteiger partial charge in [0.15, 0.2) is 0 Å². The Morgan fingerprint density at radius 2 is 2.10 bits per heavy atom. The summed E-state index contributed by atoms with van der Waals surface area (Å²) in [6, 6.07) is 7.44. The summed E-state index contributed by atoms with van der Waals surface area (Å²) < 4.78 is 1.53. The van der Waals surface area contributed by atoms with Gasteiger partial charge in [-0.05, 0) is 24.6 Å². The van der Waals surface area contributed by atoms with Crippen LogP contribution in [0.15, 0.2) is 36.7 Å². The summed E-state index contributed by atoms with van der Waals surface area (Å²) in [6.07, 6.45) is 3.16. The summed E-state index contributed by atoms with van der Waals surface area (Å²) in [5, 5.41) is 4.69. The first kappa shape index (κ1) is 14.4. The lowest BCUT2D eigenvalue weighted by Gasteiger charge is -2.25. The van der Waals surface area contributed by atoms with E-state index in [2.05, 4.69) is 5.10 Å². The summed E-state index contributed by atoms with van der Waals surface area (Å²) in [5.74, 6) is -0.0319. The molecule has 1 unspecified atom stereocenters. The second-order valence-electron chi connectivity index (χ2n) is 4.70. The van der Waals surface area contributed by atoms with Crippen LogP contribution in [0.1, 0.15) is 18.5 Å². The molecule has 0 aliphatic rings. The second-order valence-corrected chi connectivity index (χ2v) is 5.14. The third-order valence-electron chi connectivity index (χ3n) is 3.28. The number of amides is 1. The number of nitrogen functional groups attached to an aromatic ring is 1. The first-order valence-corrected chi connectivity index (χ1v) is 6.64. The number of rotatable bonds is 4. The van der Waals surface area contributed by atoms with Crippen LogP contribution in [0.4, 0.5) is 5.69 Å². The summed E-state index contributed by atoms with van der Waals surface area (Å²) in [4.78, 5) is 13.9. The second kappa shape index (κ2) is 5.96. The highest BCUT2D eigenvalue weighted by molar-refractivity contribution is 6.30. The molecule has 2 aromatic rings. The van der Waals surface area contributed by atoms with Crippen LogP contribution in [0.3, 0.4) is 0 Å². The van der Waals surface area contributed by atoms with Gasteiger partial charge in [-0.2, -0.15) is 5.10 Å². The summed E-state index contributed by atoms with van der Waals surface area (Å²) >= 11 is 5.86. The third kappa shape index (κ3) is 3.30. The van der Waals surface area contributed by atoms with Gasteiger partial charge >= 0.3 is 0 Å². The van der Waals surface area contributed by atoms with Crippen molar-refractivity contribution in [2.24, 2.45) is 0 Å². The van der Waals surface area contributed by atoms with Crippen molar-refractivity contribution in [2.75, 3.05) is 12.8 Å². The molecule has 0 radical (unpaired) electrons. The SMILES string of the molecule is CC(c1ccc(Cl)cc1)N(C)C(=O)Cn1cc(N)cn1. The molecule has 1 amide bonds. The molecule has 6 heteroatoms. The van der Waals surface area contributed by atoms with Crippen molar-refractivity contribution in [2.45, 2.75) is 19.5 Å². The highest BCUT2D eigenvalue weighted by Crippen LogP contribution is 2.21. The van der Waals surface area contributed by atoms with E-state index >= 15 is 0 Å². The van der Waals surface area contributed by atoms with Gasteiger partial charge in [-0.3, -0.25) is 9.48 Å². The fraction of sp³-hybridized carbons (Fsp3) is 0.286. The van der Waals surface area contributed by atoms with Crippen molar-refractivity contribution in [3.05, 3.63) is 47.2 Å². The van der Waals surface area contributed by atoms with Gasteiger partial charge in [0.25, 0.3) is 0 Å². The van der Waals surface area contributed by atoms with E-state index < -0.39 is 0 Å². The number of likely N-dealkylation sites (N-methyl/N-ethyl adjacent to an activating group) is 1. The quantitative estimate of drug-likeness (QED) is 0.941. The Hall–Kier alpha value is -2.01. The summed E-state index contributed by atoms with van der Waals surface area (Å²) in [7, 11) is 1.77. The molecular weight excluding hydrogens is 276 g/mol. The summed E-state index contributed by atoms with van der Waals surface area (Å²) in [5.41, 5.74) is 7.15. The number of halogens is 1. The molecule has 0 aliphatic heterocycles. The van der Waals surface area contributed by atoms with Gasteiger partial charge in [-0.25, -0.2) is 0 Å². The van der Waals surface area contributed by atoms with Gasteiger partial charge < -0.3 is 10.6 Å². The van der Waals surface area contributed by atoms with Crippen molar-refractivity contribution in [3.8, 4) is 0 Å². The summed E-state index contributed by atoms with van der Waals surface area (Å²) in [6.45, 7) is 2.14. The highest BCUT2D eigenvalue weighted by Gasteiger charge is 2.17. The molecule has 20 heavy (non-hydrogen) atoms. The van der Waals surface area contributed by atoms with Crippen LogP contribution in [0.5, 0.6) is 0 Å². The Bertz CT molecular complexity index is 593. The first-order valence-electron chi connectivity index (χ1n) is 6.26. The predicted octanol–water partition coefficient (Wildman–Crippen LogP) is 2.34. The van der Waals surface area contributed by atoms with E-state index in [0.717, 1.165) is 5.56 Å². The molecule has 1 atom stereocenters. The van der Waals surface area contributed by atoms with Crippen LogP contribution in [-0.2, 0) is 11.3 Å². The number of carbonyl (C=O) groups is 1. The number of carbonyl (C=O) groups excluding carboxylic acids is 1. The maximum Gasteiger partial charge on any atom is 0.244 e. The molecule has 1 aromatic carbocycles. The Labute approximate surface area is 122 Å². The van der Waals surface area contributed by atoms with Crippen LogP contribution in [0, 0.1) is 0 Å². The van der Waals surface area contributed by atoms with E-state index in [1.54, 1.807) is 18.1 Å². The van der Waals surface area contributed by atoms with Gasteiger partial charge in [0.05, 0.1) is 17.9 Å². The molecule has 0 saturated carbocycles. The van der Waals surface area contributed by atoms with Crippen molar-refractivity contribution < 1.29 is 4.79 Å². The van der Waals surface area contributed by atoms with E-state index in [0.29, 0.717) is 10.7 Å². The number of benzene rings is 1. The minimum Gasteiger partial charge on any atom is -0.396 e. The molecule has 0 saturated heterocycles. The average Bonchev–Trinajstić information content (AvgIpc) is 2.83. The fourth-order valence-electron chi connectivity index (χ4n) is 1.90. The Kier molecular flexibility index (Phi) is 4.29. The predicted molar refractivity (Wildman–Crippen MR) is 79.3 cm³/mol. The number of hydrogen-bond donors (Lipinski definition) is 1. The van der Waals surface area contributed by atoms with E-state index in [1.165, 1.54) is 10.9 Å². The number of nitrogens with two attached hydrogens (primary N) is 1. The van der Waals surface area contributed by atoms with E-state index in [-0.39, 0.29) is 18.5 Å². The molecule has 0 aliphatic carbocycles. The first-order chi connectivity index (χ1) is 9.47. The molecular formula is C14H17ClN4O. The maximum atomic E-state index is 12.2. The largest absolute Gasteiger partial charge is 0.396 e. The van der Waals surface area contributed by atoms with Gasteiger partial charge in [0.1, 0.15) is 6.54 Å². The Morgan fingerprint density at radius 3 is 2.65 bits per heavy atom. The standard InChI is InChI=1S/C14H17ClN4O/c1-10(11-3-5-12(15)6-4-11)18(2)14(20)9-19-8-13(16)7-17-19/h3-8,10H,9,16H2,1-2H3. The van der Waals surface area contributed by atoms with Crippen molar-refractivity contribution in [3.63, 3.8) is 0 Å². The zero-order chi connectivity index (χ0) is 14.7. The molecule has 1 aromatic heterocycles. The number of aromatic nitrogens is 2. The molecule has 0 bridgehead atoms. The van der Waals surface area contributed by atoms with Crippen LogP contribution in [-0.4, -0.2) is 27.6 Å². The monoisotopic (exact) mass is 292 g/mol. The Balaban J connectivity index is 2.04. The van der Waals surface area contributed by atoms with Gasteiger partial charge in [-0.15, -0.1) is 0 Å². The van der Waals surface area contributed by atoms with Crippen molar-refractivity contribution in [1.82, 2.24) is 14.7 Å². The smallest absolute Gasteiger partial charge is 0.244 e. The maximum absolute atomic E-state index is 12.2. The van der Waals surface area contributed by atoms with Crippen LogP contribution < -0.4 is 5.73 Å². The van der Waals surface area contributed by atoms with Crippen molar-refractivity contribution >= 4 is 23.2 Å². The minimum atomic E-state index is -0.0346. The average molecular weight is 293 g/mol. The normalized spacial score (nSPS) is 12.2. The Morgan fingerprint density at radius 1 is 1.45 bits per heavy atom. The number of anilines is 1. The highest BCUT2D eigenvalue weighted by atomic mass is 35.5. The van der Waals surface area contributed by atoms with Gasteiger partial charge in [0.2, 0.25) is 5.91 Å². The lowest BCUT2D eigenvalue weighted by Crippen LogP contribution is -2.32. The zero-order valence-electron chi connectivity index (χ0n) is 11.5. The van der Waals surface area contributed by atoms with Crippen LogP contribution >= 0.6 is 11.6 Å². The minimum absolute atomic E-state index is 0.0319. The molecule has 1 heterocycles. The molecule has 5 nitrogen and oxygen atoms in total. The molecule has 0 fully saturated rings. The van der Waals surface area contributed by atoms with Crippen LogP contribution in [0.2, 0.25) is 5.02 Å². The number of hydrogen-bond acceptors (Lipinski definition) is 3. The van der Waals surface area contributed by atoms with E-state index in [4.69, 9.17) is 17.3 Å². The van der Waals surface area contributed by atoms with Crippen LogP contribution in [0.25, 0.3) is 0 Å². The van der Waals surface area contributed by atoms with Gasteiger partial charge in [0, 0.05) is 18.3 Å². The zero-order valence-corrected chi connectivity index (χ0v) is 12.2. The molecule has 2 N–H and O–H groups in total. The van der Waals surface area contributed by atoms with Gasteiger partial charge in [-0.1, -0.05) is 23.7 Å². The molecule has 2 rings (SSSR count). The third-order valence-corrected chi connectivity index (χ3v) is 3.53. The fourth-order valence-corrected chi connectivity index (χ4v) is 2.02.